The minimum Gasteiger partial charge on any atom is -0.477 e. The van der Waals surface area contributed by atoms with Crippen LogP contribution in [0, 0.1) is 6.92 Å². The van der Waals surface area contributed by atoms with Gasteiger partial charge in [0.25, 0.3) is 0 Å². The van der Waals surface area contributed by atoms with Gasteiger partial charge in [-0.2, -0.15) is 0 Å². The first-order chi connectivity index (χ1) is 8.66. The second-order valence-electron chi connectivity index (χ2n) is 3.64. The van der Waals surface area contributed by atoms with E-state index in [1.54, 1.807) is 29.2 Å². The highest BCUT2D eigenvalue weighted by Gasteiger charge is 2.06. The lowest BCUT2D eigenvalue weighted by molar-refractivity contribution is 0.0690. The Balaban J connectivity index is 1.92. The summed E-state index contributed by atoms with van der Waals surface area (Å²) >= 11 is 3.30. The van der Waals surface area contributed by atoms with Crippen LogP contribution in [0.1, 0.15) is 21.1 Å². The van der Waals surface area contributed by atoms with Crippen LogP contribution in [-0.2, 0) is 6.42 Å². The number of rotatable bonds is 5. The molecule has 18 heavy (non-hydrogen) atoms. The van der Waals surface area contributed by atoms with Gasteiger partial charge in [-0.15, -0.1) is 23.1 Å². The molecule has 2 heterocycles. The van der Waals surface area contributed by atoms with Crippen molar-refractivity contribution >= 4 is 29.1 Å². The highest BCUT2D eigenvalue weighted by atomic mass is 32.2. The van der Waals surface area contributed by atoms with E-state index in [-0.39, 0.29) is 5.69 Å². The Hall–Kier alpha value is -1.40. The SMILES string of the molecule is Cc1ncsc1CCSc1ccnc(C(=O)O)c1. The number of aryl methyl sites for hydroxylation is 2. The minimum absolute atomic E-state index is 0.0916. The number of aromatic carboxylic acids is 1. The second kappa shape index (κ2) is 5.97. The minimum atomic E-state index is -0.990. The molecule has 0 aliphatic rings. The van der Waals surface area contributed by atoms with Crippen molar-refractivity contribution in [1.29, 1.82) is 0 Å². The molecule has 0 aliphatic carbocycles. The summed E-state index contributed by atoms with van der Waals surface area (Å²) in [6.45, 7) is 2.01. The molecule has 1 N–H and O–H groups in total. The van der Waals surface area contributed by atoms with Gasteiger partial charge in [-0.25, -0.2) is 14.8 Å². The number of thiazole rings is 1. The van der Waals surface area contributed by atoms with Gasteiger partial charge in [0.2, 0.25) is 0 Å². The first-order valence-corrected chi connectivity index (χ1v) is 7.24. The number of carboxylic acid groups (broad SMARTS) is 1. The molecular weight excluding hydrogens is 268 g/mol. The molecule has 2 rings (SSSR count). The largest absolute Gasteiger partial charge is 0.477 e. The van der Waals surface area contributed by atoms with Gasteiger partial charge < -0.3 is 5.11 Å². The highest BCUT2D eigenvalue weighted by molar-refractivity contribution is 7.99. The van der Waals surface area contributed by atoms with Crippen molar-refractivity contribution < 1.29 is 9.90 Å². The Bertz CT molecular complexity index is 555. The smallest absolute Gasteiger partial charge is 0.354 e. The summed E-state index contributed by atoms with van der Waals surface area (Å²) in [5, 5.41) is 8.84. The fourth-order valence-corrected chi connectivity index (χ4v) is 3.25. The Morgan fingerprint density at radius 2 is 2.33 bits per heavy atom. The Morgan fingerprint density at radius 3 is 3.00 bits per heavy atom. The van der Waals surface area contributed by atoms with E-state index in [0.717, 1.165) is 22.8 Å². The maximum absolute atomic E-state index is 10.8. The molecule has 2 aromatic rings. The molecule has 0 spiro atoms. The maximum atomic E-state index is 10.8. The van der Waals surface area contributed by atoms with Crippen LogP contribution in [0.3, 0.4) is 0 Å². The molecule has 0 saturated carbocycles. The molecule has 6 heteroatoms. The van der Waals surface area contributed by atoms with Crippen molar-refractivity contribution in [1.82, 2.24) is 9.97 Å². The van der Waals surface area contributed by atoms with Gasteiger partial charge in [0.05, 0.1) is 11.2 Å². The zero-order valence-electron chi connectivity index (χ0n) is 9.79. The lowest BCUT2D eigenvalue weighted by Gasteiger charge is -2.02. The summed E-state index contributed by atoms with van der Waals surface area (Å²) in [5.41, 5.74) is 3.03. The van der Waals surface area contributed by atoms with Crippen molar-refractivity contribution in [3.05, 3.63) is 40.1 Å². The summed E-state index contributed by atoms with van der Waals surface area (Å²) in [4.78, 5) is 21.0. The third-order valence-corrected chi connectivity index (χ3v) is 4.38. The predicted molar refractivity (Wildman–Crippen MR) is 72.5 cm³/mol. The van der Waals surface area contributed by atoms with Crippen LogP contribution >= 0.6 is 23.1 Å². The number of carbonyl (C=O) groups is 1. The molecule has 0 aromatic carbocycles. The topological polar surface area (TPSA) is 63.1 Å². The zero-order chi connectivity index (χ0) is 13.0. The summed E-state index contributed by atoms with van der Waals surface area (Å²) in [5.74, 6) is -0.0812. The molecular formula is C12H12N2O2S2. The van der Waals surface area contributed by atoms with Crippen LogP contribution < -0.4 is 0 Å². The van der Waals surface area contributed by atoms with E-state index in [2.05, 4.69) is 9.97 Å². The molecule has 0 saturated heterocycles. The summed E-state index contributed by atoms with van der Waals surface area (Å²) < 4.78 is 0. The molecule has 0 unspecified atom stereocenters. The summed E-state index contributed by atoms with van der Waals surface area (Å²) in [7, 11) is 0. The summed E-state index contributed by atoms with van der Waals surface area (Å²) in [6, 6.07) is 3.43. The van der Waals surface area contributed by atoms with Crippen LogP contribution in [-0.4, -0.2) is 26.8 Å². The van der Waals surface area contributed by atoms with E-state index < -0.39 is 5.97 Å². The molecule has 0 radical (unpaired) electrons. The molecule has 0 fully saturated rings. The highest BCUT2D eigenvalue weighted by Crippen LogP contribution is 2.21. The monoisotopic (exact) mass is 280 g/mol. The molecule has 0 bridgehead atoms. The van der Waals surface area contributed by atoms with Crippen molar-refractivity contribution in [2.45, 2.75) is 18.2 Å². The van der Waals surface area contributed by atoms with E-state index in [0.29, 0.717) is 0 Å². The van der Waals surface area contributed by atoms with E-state index in [1.807, 2.05) is 18.5 Å². The molecule has 4 nitrogen and oxygen atoms in total. The molecule has 0 atom stereocenters. The van der Waals surface area contributed by atoms with Crippen LogP contribution in [0.4, 0.5) is 0 Å². The van der Waals surface area contributed by atoms with Gasteiger partial charge in [0, 0.05) is 21.7 Å². The summed E-state index contributed by atoms with van der Waals surface area (Å²) in [6.07, 6.45) is 2.48. The lowest BCUT2D eigenvalue weighted by atomic mass is 10.3. The van der Waals surface area contributed by atoms with Crippen molar-refractivity contribution in [2.75, 3.05) is 5.75 Å². The fraction of sp³-hybridized carbons (Fsp3) is 0.250. The first kappa shape index (κ1) is 13.0. The van der Waals surface area contributed by atoms with Gasteiger partial charge in [0.15, 0.2) is 0 Å². The van der Waals surface area contributed by atoms with Gasteiger partial charge >= 0.3 is 5.97 Å². The second-order valence-corrected chi connectivity index (χ2v) is 5.75. The average molecular weight is 280 g/mol. The van der Waals surface area contributed by atoms with Gasteiger partial charge in [0.1, 0.15) is 5.69 Å². The van der Waals surface area contributed by atoms with Crippen molar-refractivity contribution in [3.63, 3.8) is 0 Å². The van der Waals surface area contributed by atoms with E-state index in [9.17, 15) is 4.79 Å². The predicted octanol–water partition coefficient (Wildman–Crippen LogP) is 2.88. The van der Waals surface area contributed by atoms with Crippen LogP contribution in [0.2, 0.25) is 0 Å². The maximum Gasteiger partial charge on any atom is 0.354 e. The van der Waals surface area contributed by atoms with Crippen LogP contribution in [0.25, 0.3) is 0 Å². The number of thioether (sulfide) groups is 1. The number of carboxylic acids is 1. The molecule has 0 amide bonds. The Morgan fingerprint density at radius 1 is 1.50 bits per heavy atom. The van der Waals surface area contributed by atoms with Gasteiger partial charge in [-0.3, -0.25) is 0 Å². The molecule has 94 valence electrons. The standard InChI is InChI=1S/C12H12N2O2S2/c1-8-11(18-7-14-8)3-5-17-9-2-4-13-10(6-9)12(15)16/h2,4,6-7H,3,5H2,1H3,(H,15,16). The Labute approximate surface area is 113 Å². The van der Waals surface area contributed by atoms with E-state index in [1.165, 1.54) is 11.1 Å². The zero-order valence-corrected chi connectivity index (χ0v) is 11.4. The number of pyridine rings is 1. The van der Waals surface area contributed by atoms with Gasteiger partial charge in [-0.1, -0.05) is 0 Å². The van der Waals surface area contributed by atoms with Crippen molar-refractivity contribution in [3.8, 4) is 0 Å². The quantitative estimate of drug-likeness (QED) is 0.853. The third-order valence-electron chi connectivity index (χ3n) is 2.39. The van der Waals surface area contributed by atoms with Crippen LogP contribution in [0.15, 0.2) is 28.7 Å². The number of aromatic nitrogens is 2. The lowest BCUT2D eigenvalue weighted by Crippen LogP contribution is -1.99. The molecule has 2 aromatic heterocycles. The number of nitrogens with zero attached hydrogens (tertiary/aromatic N) is 2. The van der Waals surface area contributed by atoms with Crippen LogP contribution in [0.5, 0.6) is 0 Å². The van der Waals surface area contributed by atoms with Gasteiger partial charge in [-0.05, 0) is 25.5 Å². The van der Waals surface area contributed by atoms with Crippen molar-refractivity contribution in [2.24, 2.45) is 0 Å². The third kappa shape index (κ3) is 3.30. The molecule has 0 aliphatic heterocycles. The fourth-order valence-electron chi connectivity index (χ4n) is 1.45. The number of hydrogen-bond acceptors (Lipinski definition) is 5. The first-order valence-electron chi connectivity index (χ1n) is 5.38. The normalized spacial score (nSPS) is 10.5. The van der Waals surface area contributed by atoms with E-state index in [4.69, 9.17) is 5.11 Å². The van der Waals surface area contributed by atoms with E-state index >= 15 is 0 Å². The number of hydrogen-bond donors (Lipinski definition) is 1. The average Bonchev–Trinajstić information content (AvgIpc) is 2.76. The Kier molecular flexibility index (Phi) is 4.33.